The smallest absolute Gasteiger partial charge is 0.414 e. The molecule has 31 heavy (non-hydrogen) atoms. The largest absolute Gasteiger partial charge is 0.443 e. The third-order valence-electron chi connectivity index (χ3n) is 5.63. The molecule has 2 aromatic heterocycles. The van der Waals surface area contributed by atoms with E-state index in [2.05, 4.69) is 20.9 Å². The minimum Gasteiger partial charge on any atom is -0.443 e. The van der Waals surface area contributed by atoms with Gasteiger partial charge in [0.1, 0.15) is 11.8 Å². The lowest BCUT2D eigenvalue weighted by Crippen LogP contribution is -2.30. The molecule has 1 saturated heterocycles. The van der Waals surface area contributed by atoms with Gasteiger partial charge in [-0.3, -0.25) is 14.4 Å². The Morgan fingerprint density at radius 3 is 2.48 bits per heavy atom. The van der Waals surface area contributed by atoms with Crippen LogP contribution in [-0.2, 0) is 17.8 Å². The standard InChI is InChI=1S/C20H18BrF2N5O3/c21-10-13-11-26(20(30)31-13)12-8-15(22)17(16(23)9-12)25-4-6-27-18-14(2-1-3-24-18)19(29)28(27)7-5-25/h1-3,8-9,13H,4-7,10-11H2/t13-/m0/s1. The number of benzene rings is 1. The molecule has 1 aromatic carbocycles. The van der Waals surface area contributed by atoms with Crippen LogP contribution in [0.5, 0.6) is 0 Å². The number of anilines is 2. The van der Waals surface area contributed by atoms with E-state index in [0.29, 0.717) is 29.5 Å². The van der Waals surface area contributed by atoms with Crippen molar-refractivity contribution >= 4 is 44.4 Å². The molecule has 1 fully saturated rings. The van der Waals surface area contributed by atoms with Crippen LogP contribution in [0.3, 0.4) is 0 Å². The lowest BCUT2D eigenvalue weighted by Gasteiger charge is -2.24. The van der Waals surface area contributed by atoms with Gasteiger partial charge in [-0.1, -0.05) is 15.9 Å². The lowest BCUT2D eigenvalue weighted by atomic mass is 10.2. The third kappa shape index (κ3) is 3.27. The summed E-state index contributed by atoms with van der Waals surface area (Å²) < 4.78 is 38.5. The Bertz CT molecular complexity index is 1220. The molecule has 0 unspecified atom stereocenters. The predicted octanol–water partition coefficient (Wildman–Crippen LogP) is 2.72. The zero-order chi connectivity index (χ0) is 21.7. The van der Waals surface area contributed by atoms with Crippen LogP contribution >= 0.6 is 15.9 Å². The molecule has 162 valence electrons. The molecule has 0 spiro atoms. The van der Waals surface area contributed by atoms with Gasteiger partial charge in [-0.15, -0.1) is 0 Å². The van der Waals surface area contributed by atoms with Crippen LogP contribution in [0.25, 0.3) is 11.0 Å². The average Bonchev–Trinajstić information content (AvgIpc) is 3.17. The number of hydrogen-bond donors (Lipinski definition) is 0. The zero-order valence-electron chi connectivity index (χ0n) is 16.3. The van der Waals surface area contributed by atoms with Gasteiger partial charge in [0.05, 0.1) is 30.7 Å². The molecule has 1 amide bonds. The Labute approximate surface area is 183 Å². The van der Waals surface area contributed by atoms with Crippen molar-refractivity contribution in [2.45, 2.75) is 19.2 Å². The van der Waals surface area contributed by atoms with Gasteiger partial charge in [-0.05, 0) is 12.1 Å². The maximum absolute atomic E-state index is 15.0. The van der Waals surface area contributed by atoms with Gasteiger partial charge in [0.15, 0.2) is 17.3 Å². The van der Waals surface area contributed by atoms with Crippen molar-refractivity contribution in [3.8, 4) is 0 Å². The van der Waals surface area contributed by atoms with Gasteiger partial charge in [0.2, 0.25) is 0 Å². The van der Waals surface area contributed by atoms with Crippen LogP contribution in [0.1, 0.15) is 0 Å². The highest BCUT2D eigenvalue weighted by molar-refractivity contribution is 9.09. The molecule has 4 heterocycles. The Morgan fingerprint density at radius 2 is 1.81 bits per heavy atom. The molecular formula is C20H18BrF2N5O3. The van der Waals surface area contributed by atoms with E-state index >= 15 is 8.78 Å². The second-order valence-electron chi connectivity index (χ2n) is 7.44. The first-order chi connectivity index (χ1) is 15.0. The predicted molar refractivity (Wildman–Crippen MR) is 114 cm³/mol. The number of cyclic esters (lactones) is 1. The van der Waals surface area contributed by atoms with Crippen LogP contribution < -0.4 is 15.4 Å². The van der Waals surface area contributed by atoms with Crippen LogP contribution in [0.15, 0.2) is 35.3 Å². The average molecular weight is 494 g/mol. The molecule has 8 nitrogen and oxygen atoms in total. The van der Waals surface area contributed by atoms with E-state index < -0.39 is 17.7 Å². The van der Waals surface area contributed by atoms with Gasteiger partial charge in [0.25, 0.3) is 5.56 Å². The van der Waals surface area contributed by atoms with Crippen LogP contribution in [0.4, 0.5) is 25.0 Å². The number of ether oxygens (including phenoxy) is 1. The number of amides is 1. The maximum atomic E-state index is 15.0. The zero-order valence-corrected chi connectivity index (χ0v) is 17.9. The normalized spacial score (nSPS) is 18.9. The number of rotatable bonds is 3. The summed E-state index contributed by atoms with van der Waals surface area (Å²) >= 11 is 3.24. The fourth-order valence-corrected chi connectivity index (χ4v) is 4.51. The minimum absolute atomic E-state index is 0.111. The molecule has 0 radical (unpaired) electrons. The second kappa shape index (κ2) is 7.63. The van der Waals surface area contributed by atoms with Crippen LogP contribution in [0, 0.1) is 11.6 Å². The summed E-state index contributed by atoms with van der Waals surface area (Å²) in [7, 11) is 0. The monoisotopic (exact) mass is 493 g/mol. The summed E-state index contributed by atoms with van der Waals surface area (Å²) in [6.45, 7) is 1.37. The fraction of sp³-hybridized carbons (Fsp3) is 0.350. The quantitative estimate of drug-likeness (QED) is 0.524. The van der Waals surface area contributed by atoms with Crippen molar-refractivity contribution in [1.29, 1.82) is 0 Å². The summed E-state index contributed by atoms with van der Waals surface area (Å²) in [5.41, 5.74) is 0.318. The van der Waals surface area contributed by atoms with E-state index in [1.54, 1.807) is 32.6 Å². The van der Waals surface area contributed by atoms with Gasteiger partial charge >= 0.3 is 6.09 Å². The summed E-state index contributed by atoms with van der Waals surface area (Å²) in [6.07, 6.45) is 0.601. The van der Waals surface area contributed by atoms with Crippen molar-refractivity contribution in [2.75, 3.05) is 34.8 Å². The van der Waals surface area contributed by atoms with E-state index in [-0.39, 0.29) is 42.7 Å². The summed E-state index contributed by atoms with van der Waals surface area (Å²) in [5.74, 6) is -1.54. The topological polar surface area (TPSA) is 72.6 Å². The number of carbonyl (C=O) groups is 1. The van der Waals surface area contributed by atoms with E-state index in [0.717, 1.165) is 12.1 Å². The Morgan fingerprint density at radius 1 is 1.10 bits per heavy atom. The van der Waals surface area contributed by atoms with Crippen molar-refractivity contribution in [2.24, 2.45) is 0 Å². The third-order valence-corrected chi connectivity index (χ3v) is 6.35. The van der Waals surface area contributed by atoms with E-state index in [1.807, 2.05) is 0 Å². The first-order valence-electron chi connectivity index (χ1n) is 9.80. The van der Waals surface area contributed by atoms with Gasteiger partial charge in [-0.25, -0.2) is 23.2 Å². The molecule has 1 atom stereocenters. The summed E-state index contributed by atoms with van der Waals surface area (Å²) in [6, 6.07) is 5.72. The van der Waals surface area contributed by atoms with Crippen LogP contribution in [-0.4, -0.2) is 51.5 Å². The van der Waals surface area contributed by atoms with Crippen molar-refractivity contribution in [3.63, 3.8) is 0 Å². The Balaban J connectivity index is 1.44. The van der Waals surface area contributed by atoms with E-state index in [4.69, 9.17) is 4.74 Å². The molecule has 0 N–H and O–H groups in total. The molecule has 0 saturated carbocycles. The fourth-order valence-electron chi connectivity index (χ4n) is 4.17. The van der Waals surface area contributed by atoms with Gasteiger partial charge < -0.3 is 9.64 Å². The van der Waals surface area contributed by atoms with Gasteiger partial charge in [0, 0.05) is 36.7 Å². The number of fused-ring (bicyclic) bond motifs is 3. The van der Waals surface area contributed by atoms with Crippen molar-refractivity contribution in [3.05, 3.63) is 52.5 Å². The molecule has 5 rings (SSSR count). The highest BCUT2D eigenvalue weighted by Crippen LogP contribution is 2.31. The molecular weight excluding hydrogens is 476 g/mol. The van der Waals surface area contributed by atoms with E-state index in [9.17, 15) is 9.59 Å². The van der Waals surface area contributed by atoms with Crippen molar-refractivity contribution in [1.82, 2.24) is 14.3 Å². The lowest BCUT2D eigenvalue weighted by molar-refractivity contribution is 0.152. The Hall–Kier alpha value is -2.95. The number of hydrogen-bond acceptors (Lipinski definition) is 5. The first-order valence-corrected chi connectivity index (χ1v) is 10.9. The minimum atomic E-state index is -0.771. The number of carbonyl (C=O) groups excluding carboxylic acids is 1. The van der Waals surface area contributed by atoms with Crippen LogP contribution in [0.2, 0.25) is 0 Å². The second-order valence-corrected chi connectivity index (χ2v) is 8.09. The molecule has 2 aliphatic heterocycles. The highest BCUT2D eigenvalue weighted by atomic mass is 79.9. The first kappa shape index (κ1) is 20.0. The number of pyridine rings is 1. The Kier molecular flexibility index (Phi) is 4.92. The number of alkyl halides is 1. The number of aromatic nitrogens is 3. The van der Waals surface area contributed by atoms with Crippen molar-refractivity contribution < 1.29 is 18.3 Å². The molecule has 0 bridgehead atoms. The SMILES string of the molecule is O=C1O[C@@H](CBr)CN1c1cc(F)c(N2CCn3c(=O)c4cccnc4n3CC2)c(F)c1. The molecule has 2 aliphatic rings. The molecule has 0 aliphatic carbocycles. The van der Waals surface area contributed by atoms with E-state index in [1.165, 1.54) is 4.90 Å². The molecule has 3 aromatic rings. The number of halogens is 3. The summed E-state index contributed by atoms with van der Waals surface area (Å²) in [5, 5.41) is 0.965. The molecule has 11 heteroatoms. The summed E-state index contributed by atoms with van der Waals surface area (Å²) in [4.78, 5) is 31.8. The van der Waals surface area contributed by atoms with Gasteiger partial charge in [-0.2, -0.15) is 0 Å². The number of nitrogens with zero attached hydrogens (tertiary/aromatic N) is 5. The highest BCUT2D eigenvalue weighted by Gasteiger charge is 2.33. The maximum Gasteiger partial charge on any atom is 0.414 e.